The molecule has 2 heteroatoms. The van der Waals surface area contributed by atoms with Crippen LogP contribution in [0.2, 0.25) is 0 Å². The fourth-order valence-corrected chi connectivity index (χ4v) is 2.91. The highest BCUT2D eigenvalue weighted by Crippen LogP contribution is 2.35. The lowest BCUT2D eigenvalue weighted by Crippen LogP contribution is -2.18. The number of nitrogens with two attached hydrogens (primary N) is 1. The molecular formula is C16H20N2. The third-order valence-corrected chi connectivity index (χ3v) is 3.81. The smallest absolute Gasteiger partial charge is 0.0736 e. The van der Waals surface area contributed by atoms with Crippen molar-refractivity contribution < 1.29 is 0 Å². The molecule has 1 aliphatic rings. The second-order valence-corrected chi connectivity index (χ2v) is 6.12. The maximum Gasteiger partial charge on any atom is 0.0736 e. The molecule has 2 nitrogen and oxygen atoms in total. The van der Waals surface area contributed by atoms with Gasteiger partial charge in [-0.25, -0.2) is 0 Å². The zero-order chi connectivity index (χ0) is 12.9. The van der Waals surface area contributed by atoms with E-state index in [1.807, 2.05) is 4.68 Å². The highest BCUT2D eigenvalue weighted by Gasteiger charge is 2.23. The van der Waals surface area contributed by atoms with Crippen molar-refractivity contribution in [3.8, 4) is 0 Å². The summed E-state index contributed by atoms with van der Waals surface area (Å²) in [6.07, 6.45) is 6.59. The Balaban J connectivity index is 2.43. The standard InChI is InChI=1S/C16H20N2/c1-16(2,3)13-9-6-8-12-11-7-4-5-10-14(11)18(17)15(12)13/h4,6-9H,5,10,17H2,1-3H3. The second kappa shape index (κ2) is 3.64. The zero-order valence-corrected chi connectivity index (χ0v) is 11.3. The Hall–Kier alpha value is -1.70. The first kappa shape index (κ1) is 11.4. The molecule has 1 aromatic heterocycles. The Morgan fingerprint density at radius 2 is 2.00 bits per heavy atom. The summed E-state index contributed by atoms with van der Waals surface area (Å²) in [7, 11) is 0. The summed E-state index contributed by atoms with van der Waals surface area (Å²) in [5.41, 5.74) is 5.21. The fourth-order valence-electron chi connectivity index (χ4n) is 2.91. The average Bonchev–Trinajstić information content (AvgIpc) is 2.63. The predicted molar refractivity (Wildman–Crippen MR) is 78.1 cm³/mol. The molecule has 2 aromatic rings. The Labute approximate surface area is 108 Å². The van der Waals surface area contributed by atoms with Crippen LogP contribution in [-0.4, -0.2) is 4.68 Å². The zero-order valence-electron chi connectivity index (χ0n) is 11.3. The molecule has 0 atom stereocenters. The third kappa shape index (κ3) is 1.48. The van der Waals surface area contributed by atoms with E-state index in [9.17, 15) is 0 Å². The normalized spacial score (nSPS) is 15.1. The number of allylic oxidation sites excluding steroid dienone is 1. The lowest BCUT2D eigenvalue weighted by molar-refractivity contribution is 0.593. The minimum absolute atomic E-state index is 0.112. The number of para-hydroxylation sites is 1. The van der Waals surface area contributed by atoms with Crippen LogP contribution in [0.3, 0.4) is 0 Å². The first-order valence-electron chi connectivity index (χ1n) is 6.58. The van der Waals surface area contributed by atoms with E-state index < -0.39 is 0 Å². The predicted octanol–water partition coefficient (Wildman–Crippen LogP) is 3.61. The van der Waals surface area contributed by atoms with Crippen LogP contribution in [0.5, 0.6) is 0 Å². The molecule has 0 amide bonds. The Bertz CT molecular complexity index is 639. The van der Waals surface area contributed by atoms with Gasteiger partial charge in [-0.15, -0.1) is 0 Å². The molecule has 18 heavy (non-hydrogen) atoms. The third-order valence-electron chi connectivity index (χ3n) is 3.81. The Morgan fingerprint density at radius 3 is 2.72 bits per heavy atom. The molecule has 0 bridgehead atoms. The molecule has 0 saturated heterocycles. The van der Waals surface area contributed by atoms with Crippen molar-refractivity contribution in [1.82, 2.24) is 4.68 Å². The van der Waals surface area contributed by atoms with Gasteiger partial charge in [0.1, 0.15) is 0 Å². The topological polar surface area (TPSA) is 30.9 Å². The highest BCUT2D eigenvalue weighted by molar-refractivity contribution is 5.94. The van der Waals surface area contributed by atoms with Gasteiger partial charge < -0.3 is 5.84 Å². The Morgan fingerprint density at radius 1 is 1.22 bits per heavy atom. The lowest BCUT2D eigenvalue weighted by Gasteiger charge is -2.21. The number of fused-ring (bicyclic) bond motifs is 3. The first-order valence-corrected chi connectivity index (χ1v) is 6.58. The van der Waals surface area contributed by atoms with E-state index in [1.54, 1.807) is 0 Å². The molecule has 0 aliphatic heterocycles. The SMILES string of the molecule is CC(C)(C)c1cccc2c3c(n(N)c12)CCC=C3. The molecular weight excluding hydrogens is 220 g/mol. The monoisotopic (exact) mass is 240 g/mol. The molecule has 94 valence electrons. The highest BCUT2D eigenvalue weighted by atomic mass is 15.3. The van der Waals surface area contributed by atoms with Crippen molar-refractivity contribution in [2.24, 2.45) is 0 Å². The van der Waals surface area contributed by atoms with Crippen LogP contribution in [0, 0.1) is 0 Å². The van der Waals surface area contributed by atoms with Crippen LogP contribution >= 0.6 is 0 Å². The summed E-state index contributed by atoms with van der Waals surface area (Å²) in [5.74, 6) is 6.34. The van der Waals surface area contributed by atoms with Crippen molar-refractivity contribution in [3.63, 3.8) is 0 Å². The second-order valence-electron chi connectivity index (χ2n) is 6.12. The number of benzene rings is 1. The van der Waals surface area contributed by atoms with Crippen LogP contribution in [0.4, 0.5) is 0 Å². The molecule has 0 unspecified atom stereocenters. The van der Waals surface area contributed by atoms with Crippen molar-refractivity contribution >= 4 is 17.0 Å². The van der Waals surface area contributed by atoms with E-state index in [0.717, 1.165) is 12.8 Å². The summed E-state index contributed by atoms with van der Waals surface area (Å²) < 4.78 is 1.91. The van der Waals surface area contributed by atoms with Crippen molar-refractivity contribution in [2.45, 2.75) is 39.0 Å². The maximum atomic E-state index is 6.34. The van der Waals surface area contributed by atoms with Crippen LogP contribution in [-0.2, 0) is 11.8 Å². The molecule has 3 rings (SSSR count). The largest absolute Gasteiger partial charge is 0.339 e. The van der Waals surface area contributed by atoms with Gasteiger partial charge in [0.15, 0.2) is 0 Å². The number of nitrogens with zero attached hydrogens (tertiary/aromatic N) is 1. The molecule has 0 spiro atoms. The van der Waals surface area contributed by atoms with Gasteiger partial charge in [-0.1, -0.05) is 51.1 Å². The number of hydrogen-bond donors (Lipinski definition) is 1. The van der Waals surface area contributed by atoms with Gasteiger partial charge >= 0.3 is 0 Å². The molecule has 1 heterocycles. The van der Waals surface area contributed by atoms with Gasteiger partial charge in [0.2, 0.25) is 0 Å². The van der Waals surface area contributed by atoms with Gasteiger partial charge in [0.25, 0.3) is 0 Å². The molecule has 0 saturated carbocycles. The molecule has 0 fully saturated rings. The number of hydrogen-bond acceptors (Lipinski definition) is 1. The number of nitrogen functional groups attached to an aromatic ring is 1. The summed E-state index contributed by atoms with van der Waals surface area (Å²) in [6.45, 7) is 6.72. The minimum atomic E-state index is 0.112. The van der Waals surface area contributed by atoms with E-state index >= 15 is 0 Å². The fraction of sp³-hybridized carbons (Fsp3) is 0.375. The van der Waals surface area contributed by atoms with Crippen LogP contribution < -0.4 is 5.84 Å². The minimum Gasteiger partial charge on any atom is -0.339 e. The van der Waals surface area contributed by atoms with E-state index in [2.05, 4.69) is 51.1 Å². The van der Waals surface area contributed by atoms with E-state index in [1.165, 1.54) is 27.7 Å². The van der Waals surface area contributed by atoms with E-state index in [4.69, 9.17) is 5.84 Å². The maximum absolute atomic E-state index is 6.34. The van der Waals surface area contributed by atoms with Gasteiger partial charge in [0, 0.05) is 16.6 Å². The Kier molecular flexibility index (Phi) is 2.31. The molecule has 2 N–H and O–H groups in total. The van der Waals surface area contributed by atoms with E-state index in [0.29, 0.717) is 0 Å². The van der Waals surface area contributed by atoms with Crippen molar-refractivity contribution in [1.29, 1.82) is 0 Å². The molecule has 0 radical (unpaired) electrons. The van der Waals surface area contributed by atoms with Crippen LogP contribution in [0.25, 0.3) is 17.0 Å². The van der Waals surface area contributed by atoms with Crippen LogP contribution in [0.1, 0.15) is 44.0 Å². The van der Waals surface area contributed by atoms with E-state index in [-0.39, 0.29) is 5.41 Å². The number of aromatic nitrogens is 1. The summed E-state index contributed by atoms with van der Waals surface area (Å²) >= 11 is 0. The first-order chi connectivity index (χ1) is 8.50. The van der Waals surface area contributed by atoms with Crippen molar-refractivity contribution in [3.05, 3.63) is 41.1 Å². The van der Waals surface area contributed by atoms with Gasteiger partial charge in [-0.05, 0) is 23.8 Å². The van der Waals surface area contributed by atoms with Gasteiger partial charge in [-0.2, -0.15) is 0 Å². The summed E-state index contributed by atoms with van der Waals surface area (Å²) in [6, 6.07) is 6.52. The van der Waals surface area contributed by atoms with Gasteiger partial charge in [0.05, 0.1) is 5.52 Å². The number of rotatable bonds is 0. The average molecular weight is 240 g/mol. The van der Waals surface area contributed by atoms with Crippen molar-refractivity contribution in [2.75, 3.05) is 5.84 Å². The van der Waals surface area contributed by atoms with Crippen LogP contribution in [0.15, 0.2) is 24.3 Å². The molecule has 1 aliphatic carbocycles. The summed E-state index contributed by atoms with van der Waals surface area (Å²) in [4.78, 5) is 0. The quantitative estimate of drug-likeness (QED) is 0.701. The lowest BCUT2D eigenvalue weighted by atomic mass is 9.85. The van der Waals surface area contributed by atoms with Gasteiger partial charge in [-0.3, -0.25) is 4.68 Å². The molecule has 1 aromatic carbocycles. The summed E-state index contributed by atoms with van der Waals surface area (Å²) in [5, 5.41) is 1.29.